The van der Waals surface area contributed by atoms with Gasteiger partial charge < -0.3 is 14.2 Å². The van der Waals surface area contributed by atoms with Gasteiger partial charge in [-0.1, -0.05) is 45.6 Å². The highest BCUT2D eigenvalue weighted by molar-refractivity contribution is 5.42. The molecule has 1 aromatic rings. The molecule has 3 heteroatoms. The van der Waals surface area contributed by atoms with E-state index >= 15 is 0 Å². The zero-order valence-electron chi connectivity index (χ0n) is 13.8. The van der Waals surface area contributed by atoms with Gasteiger partial charge in [0.05, 0.1) is 20.3 Å². The van der Waals surface area contributed by atoms with Crippen LogP contribution >= 0.6 is 0 Å². The second-order valence-electron chi connectivity index (χ2n) is 5.30. The number of methoxy groups -OCH3 is 1. The van der Waals surface area contributed by atoms with Gasteiger partial charge in [0.15, 0.2) is 11.5 Å². The average molecular weight is 294 g/mol. The molecular formula is C18H30O3. The van der Waals surface area contributed by atoms with E-state index in [1.165, 1.54) is 25.7 Å². The van der Waals surface area contributed by atoms with Gasteiger partial charge in [-0.05, 0) is 30.5 Å². The van der Waals surface area contributed by atoms with Gasteiger partial charge in [0.1, 0.15) is 0 Å². The third-order valence-corrected chi connectivity index (χ3v) is 3.39. The largest absolute Gasteiger partial charge is 0.493 e. The normalized spacial score (nSPS) is 10.6. The minimum atomic E-state index is 0.635. The molecule has 0 N–H and O–H groups in total. The van der Waals surface area contributed by atoms with E-state index in [2.05, 4.69) is 19.9 Å². The lowest BCUT2D eigenvalue weighted by Gasteiger charge is -2.12. The molecule has 0 radical (unpaired) electrons. The molecule has 0 aliphatic heterocycles. The number of hydrogen-bond acceptors (Lipinski definition) is 3. The van der Waals surface area contributed by atoms with Crippen molar-refractivity contribution in [3.8, 4) is 11.5 Å². The van der Waals surface area contributed by atoms with E-state index in [1.807, 2.05) is 12.1 Å². The first-order valence-corrected chi connectivity index (χ1v) is 8.19. The quantitative estimate of drug-likeness (QED) is 0.509. The molecule has 21 heavy (non-hydrogen) atoms. The summed E-state index contributed by atoms with van der Waals surface area (Å²) in [6, 6.07) is 6.04. The fourth-order valence-corrected chi connectivity index (χ4v) is 2.10. The zero-order chi connectivity index (χ0) is 15.3. The highest BCUT2D eigenvalue weighted by Crippen LogP contribution is 2.28. The SMILES string of the molecule is CCCCCOCc1ccc(OCCCCC)c(OC)c1. The fourth-order valence-electron chi connectivity index (χ4n) is 2.10. The molecule has 0 heterocycles. The summed E-state index contributed by atoms with van der Waals surface area (Å²) in [5.41, 5.74) is 1.13. The van der Waals surface area contributed by atoms with Crippen LogP contribution in [0.4, 0.5) is 0 Å². The molecule has 0 aliphatic rings. The minimum absolute atomic E-state index is 0.635. The molecule has 1 rings (SSSR count). The van der Waals surface area contributed by atoms with Gasteiger partial charge in [-0.3, -0.25) is 0 Å². The van der Waals surface area contributed by atoms with E-state index in [9.17, 15) is 0 Å². The van der Waals surface area contributed by atoms with Crippen molar-refractivity contribution < 1.29 is 14.2 Å². The Balaban J connectivity index is 2.42. The Kier molecular flexibility index (Phi) is 9.71. The number of unbranched alkanes of at least 4 members (excludes halogenated alkanes) is 4. The van der Waals surface area contributed by atoms with Crippen molar-refractivity contribution in [1.29, 1.82) is 0 Å². The lowest BCUT2D eigenvalue weighted by atomic mass is 10.2. The maximum atomic E-state index is 5.78. The monoisotopic (exact) mass is 294 g/mol. The molecule has 0 aliphatic carbocycles. The van der Waals surface area contributed by atoms with Crippen LogP contribution in [0, 0.1) is 0 Å². The summed E-state index contributed by atoms with van der Waals surface area (Å²) < 4.78 is 16.9. The smallest absolute Gasteiger partial charge is 0.161 e. The van der Waals surface area contributed by atoms with Crippen molar-refractivity contribution in [3.05, 3.63) is 23.8 Å². The van der Waals surface area contributed by atoms with Crippen molar-refractivity contribution >= 4 is 0 Å². The predicted octanol–water partition coefficient (Wildman–Crippen LogP) is 4.97. The van der Waals surface area contributed by atoms with Crippen molar-refractivity contribution in [2.24, 2.45) is 0 Å². The summed E-state index contributed by atoms with van der Waals surface area (Å²) in [4.78, 5) is 0. The first-order chi connectivity index (χ1) is 10.3. The Morgan fingerprint density at radius 2 is 1.57 bits per heavy atom. The van der Waals surface area contributed by atoms with E-state index in [-0.39, 0.29) is 0 Å². The van der Waals surface area contributed by atoms with Gasteiger partial charge in [-0.15, -0.1) is 0 Å². The van der Waals surface area contributed by atoms with Gasteiger partial charge in [0.2, 0.25) is 0 Å². The zero-order valence-corrected chi connectivity index (χ0v) is 13.8. The standard InChI is InChI=1S/C18H30O3/c1-4-6-8-12-20-15-16-10-11-17(18(14-16)19-3)21-13-9-7-5-2/h10-11,14H,4-9,12-13,15H2,1-3H3. The summed E-state index contributed by atoms with van der Waals surface area (Å²) in [6.07, 6.45) is 7.07. The molecule has 0 spiro atoms. The Morgan fingerprint density at radius 1 is 0.857 bits per heavy atom. The van der Waals surface area contributed by atoms with Crippen LogP contribution in [0.25, 0.3) is 0 Å². The van der Waals surface area contributed by atoms with Crippen LogP contribution in [-0.4, -0.2) is 20.3 Å². The molecule has 0 fully saturated rings. The molecule has 0 unspecified atom stereocenters. The first-order valence-electron chi connectivity index (χ1n) is 8.19. The van der Waals surface area contributed by atoms with E-state index in [0.717, 1.165) is 43.1 Å². The second-order valence-corrected chi connectivity index (χ2v) is 5.30. The fraction of sp³-hybridized carbons (Fsp3) is 0.667. The van der Waals surface area contributed by atoms with Gasteiger partial charge in [-0.25, -0.2) is 0 Å². The third-order valence-electron chi connectivity index (χ3n) is 3.39. The molecule has 0 bridgehead atoms. The van der Waals surface area contributed by atoms with E-state index in [4.69, 9.17) is 14.2 Å². The summed E-state index contributed by atoms with van der Waals surface area (Å²) in [5.74, 6) is 1.62. The van der Waals surface area contributed by atoms with E-state index in [0.29, 0.717) is 6.61 Å². The van der Waals surface area contributed by atoms with Crippen LogP contribution in [0.3, 0.4) is 0 Å². The number of ether oxygens (including phenoxy) is 3. The van der Waals surface area contributed by atoms with Crippen LogP contribution in [0.15, 0.2) is 18.2 Å². The Bertz CT molecular complexity index is 377. The van der Waals surface area contributed by atoms with Gasteiger partial charge >= 0.3 is 0 Å². The van der Waals surface area contributed by atoms with Gasteiger partial charge in [0, 0.05) is 6.61 Å². The molecule has 1 aromatic carbocycles. The molecule has 0 amide bonds. The summed E-state index contributed by atoms with van der Waals surface area (Å²) >= 11 is 0. The molecule has 0 saturated heterocycles. The molecule has 0 saturated carbocycles. The van der Waals surface area contributed by atoms with Crippen LogP contribution < -0.4 is 9.47 Å². The number of rotatable bonds is 12. The van der Waals surface area contributed by atoms with Gasteiger partial charge in [0.25, 0.3) is 0 Å². The minimum Gasteiger partial charge on any atom is -0.493 e. The molecule has 0 aromatic heterocycles. The number of hydrogen-bond donors (Lipinski definition) is 0. The Hall–Kier alpha value is -1.22. The molecule has 3 nitrogen and oxygen atoms in total. The van der Waals surface area contributed by atoms with Gasteiger partial charge in [-0.2, -0.15) is 0 Å². The van der Waals surface area contributed by atoms with Crippen molar-refractivity contribution in [2.45, 2.75) is 59.0 Å². The highest BCUT2D eigenvalue weighted by atomic mass is 16.5. The maximum Gasteiger partial charge on any atom is 0.161 e. The number of benzene rings is 1. The van der Waals surface area contributed by atoms with Crippen molar-refractivity contribution in [1.82, 2.24) is 0 Å². The first kappa shape index (κ1) is 17.8. The van der Waals surface area contributed by atoms with Crippen molar-refractivity contribution in [2.75, 3.05) is 20.3 Å². The Labute approximate surface area is 129 Å². The third kappa shape index (κ3) is 7.37. The average Bonchev–Trinajstić information content (AvgIpc) is 2.52. The van der Waals surface area contributed by atoms with E-state index in [1.54, 1.807) is 7.11 Å². The second kappa shape index (κ2) is 11.4. The summed E-state index contributed by atoms with van der Waals surface area (Å²) in [7, 11) is 1.68. The highest BCUT2D eigenvalue weighted by Gasteiger charge is 2.06. The van der Waals surface area contributed by atoms with E-state index < -0.39 is 0 Å². The molecule has 120 valence electrons. The summed E-state index contributed by atoms with van der Waals surface area (Å²) in [6.45, 7) is 6.60. The Morgan fingerprint density at radius 3 is 2.24 bits per heavy atom. The van der Waals surface area contributed by atoms with Crippen molar-refractivity contribution in [3.63, 3.8) is 0 Å². The predicted molar refractivity (Wildman–Crippen MR) is 87.2 cm³/mol. The summed E-state index contributed by atoms with van der Waals surface area (Å²) in [5, 5.41) is 0. The lowest BCUT2D eigenvalue weighted by Crippen LogP contribution is -2.01. The van der Waals surface area contributed by atoms with Crippen LogP contribution in [0.2, 0.25) is 0 Å². The molecule has 0 atom stereocenters. The van der Waals surface area contributed by atoms with Crippen LogP contribution in [0.5, 0.6) is 11.5 Å². The lowest BCUT2D eigenvalue weighted by molar-refractivity contribution is 0.117. The maximum absolute atomic E-state index is 5.78. The van der Waals surface area contributed by atoms with Crippen LogP contribution in [0.1, 0.15) is 57.9 Å². The molecular weight excluding hydrogens is 264 g/mol. The van der Waals surface area contributed by atoms with Crippen LogP contribution in [-0.2, 0) is 11.3 Å². The topological polar surface area (TPSA) is 27.7 Å².